The highest BCUT2D eigenvalue weighted by Gasteiger charge is 2.35. The summed E-state index contributed by atoms with van der Waals surface area (Å²) >= 11 is 1.63. The van der Waals surface area contributed by atoms with Crippen molar-refractivity contribution >= 4 is 23.0 Å². The Morgan fingerprint density at radius 1 is 1.00 bits per heavy atom. The molecule has 7 heteroatoms. The molecule has 4 heterocycles. The molecule has 3 aromatic heterocycles. The normalized spacial score (nSPS) is 16.0. The van der Waals surface area contributed by atoms with Crippen molar-refractivity contribution in [3.63, 3.8) is 0 Å². The Labute approximate surface area is 190 Å². The molecule has 6 nitrogen and oxygen atoms in total. The highest BCUT2D eigenvalue weighted by molar-refractivity contribution is 7.12. The van der Waals surface area contributed by atoms with Crippen LogP contribution in [0.5, 0.6) is 0 Å². The third kappa shape index (κ3) is 4.59. The summed E-state index contributed by atoms with van der Waals surface area (Å²) in [6.07, 6.45) is 3.93. The molecule has 0 aliphatic carbocycles. The van der Waals surface area contributed by atoms with Gasteiger partial charge in [0.1, 0.15) is 17.6 Å². The second kappa shape index (κ2) is 9.38. The molecule has 4 aromatic rings. The Kier molecular flexibility index (Phi) is 6.00. The molecule has 0 spiro atoms. The van der Waals surface area contributed by atoms with Crippen molar-refractivity contribution in [3.05, 3.63) is 107 Å². The predicted molar refractivity (Wildman–Crippen MR) is 123 cm³/mol. The molecule has 0 N–H and O–H groups in total. The van der Waals surface area contributed by atoms with E-state index in [-0.39, 0.29) is 18.5 Å². The molecule has 1 aromatic carbocycles. The van der Waals surface area contributed by atoms with Gasteiger partial charge in [-0.3, -0.25) is 9.69 Å². The number of amides is 1. The fourth-order valence-electron chi connectivity index (χ4n) is 3.93. The fraction of sp³-hybridized carbons (Fsp3) is 0.200. The largest absolute Gasteiger partial charge is 0.468 e. The molecular formula is C25H23N3O3S. The number of furan rings is 2. The van der Waals surface area contributed by atoms with Gasteiger partial charge < -0.3 is 8.83 Å². The van der Waals surface area contributed by atoms with Crippen LogP contribution in [0.25, 0.3) is 0 Å². The fourth-order valence-corrected chi connectivity index (χ4v) is 4.65. The van der Waals surface area contributed by atoms with Gasteiger partial charge in [0.25, 0.3) is 5.91 Å². The van der Waals surface area contributed by atoms with Crippen molar-refractivity contribution in [3.8, 4) is 0 Å². The van der Waals surface area contributed by atoms with Gasteiger partial charge in [-0.2, -0.15) is 5.10 Å². The molecule has 162 valence electrons. The van der Waals surface area contributed by atoms with Crippen LogP contribution >= 0.6 is 11.3 Å². The van der Waals surface area contributed by atoms with Crippen molar-refractivity contribution in [2.24, 2.45) is 5.10 Å². The average molecular weight is 446 g/mol. The first-order valence-electron chi connectivity index (χ1n) is 10.5. The highest BCUT2D eigenvalue weighted by Crippen LogP contribution is 2.34. The van der Waals surface area contributed by atoms with Crippen molar-refractivity contribution < 1.29 is 13.6 Å². The maximum absolute atomic E-state index is 13.5. The van der Waals surface area contributed by atoms with E-state index in [1.54, 1.807) is 28.9 Å². The van der Waals surface area contributed by atoms with E-state index in [0.29, 0.717) is 19.5 Å². The second-order valence-corrected chi connectivity index (χ2v) is 8.66. The van der Waals surface area contributed by atoms with Gasteiger partial charge in [-0.25, -0.2) is 5.01 Å². The number of hydrogen-bond acceptors (Lipinski definition) is 6. The first kappa shape index (κ1) is 20.5. The van der Waals surface area contributed by atoms with Gasteiger partial charge in [0, 0.05) is 13.0 Å². The van der Waals surface area contributed by atoms with E-state index in [1.165, 1.54) is 0 Å². The highest BCUT2D eigenvalue weighted by atomic mass is 32.1. The van der Waals surface area contributed by atoms with Gasteiger partial charge in [-0.05, 0) is 41.3 Å². The maximum atomic E-state index is 13.5. The number of benzene rings is 1. The van der Waals surface area contributed by atoms with Gasteiger partial charge in [-0.1, -0.05) is 36.4 Å². The molecule has 32 heavy (non-hydrogen) atoms. The number of carbonyl (C=O) groups excluding carboxylic acids is 1. The molecule has 1 unspecified atom stereocenters. The Morgan fingerprint density at radius 3 is 2.56 bits per heavy atom. The lowest BCUT2D eigenvalue weighted by Gasteiger charge is -2.25. The van der Waals surface area contributed by atoms with Gasteiger partial charge >= 0.3 is 0 Å². The molecule has 0 radical (unpaired) electrons. The number of hydrogen-bond donors (Lipinski definition) is 0. The molecule has 0 fully saturated rings. The summed E-state index contributed by atoms with van der Waals surface area (Å²) in [5.41, 5.74) is 2.05. The van der Waals surface area contributed by atoms with Crippen LogP contribution in [0.1, 0.15) is 34.4 Å². The minimum absolute atomic E-state index is 0.0690. The molecule has 1 aliphatic rings. The van der Waals surface area contributed by atoms with Gasteiger partial charge in [0.2, 0.25) is 0 Å². The Bertz CT molecular complexity index is 1150. The van der Waals surface area contributed by atoms with E-state index in [4.69, 9.17) is 13.9 Å². The van der Waals surface area contributed by atoms with E-state index >= 15 is 0 Å². The number of hydrazone groups is 1. The Morgan fingerprint density at radius 2 is 1.84 bits per heavy atom. The monoisotopic (exact) mass is 445 g/mol. The van der Waals surface area contributed by atoms with Crippen LogP contribution in [-0.4, -0.2) is 28.1 Å². The summed E-state index contributed by atoms with van der Waals surface area (Å²) in [7, 11) is 0. The van der Waals surface area contributed by atoms with E-state index in [2.05, 4.69) is 17.0 Å². The number of thiophene rings is 1. The first-order chi connectivity index (χ1) is 15.8. The lowest BCUT2D eigenvalue weighted by Crippen LogP contribution is -2.37. The molecule has 0 saturated heterocycles. The maximum Gasteiger partial charge on any atom is 0.257 e. The average Bonchev–Trinajstić information content (AvgIpc) is 3.61. The van der Waals surface area contributed by atoms with Crippen LogP contribution < -0.4 is 0 Å². The van der Waals surface area contributed by atoms with Gasteiger partial charge in [-0.15, -0.1) is 11.3 Å². The molecular weight excluding hydrogens is 422 g/mol. The molecule has 5 rings (SSSR count). The Hall–Kier alpha value is -3.42. The summed E-state index contributed by atoms with van der Waals surface area (Å²) in [6.45, 7) is 1.39. The molecule has 0 saturated carbocycles. The van der Waals surface area contributed by atoms with Crippen LogP contribution in [0.15, 0.2) is 98.6 Å². The van der Waals surface area contributed by atoms with Gasteiger partial charge in [0.15, 0.2) is 0 Å². The predicted octanol–water partition coefficient (Wildman–Crippen LogP) is 5.31. The number of carbonyl (C=O) groups is 1. The summed E-state index contributed by atoms with van der Waals surface area (Å²) in [6, 6.07) is 21.5. The van der Waals surface area contributed by atoms with Crippen LogP contribution in [0.3, 0.4) is 0 Å². The second-order valence-electron chi connectivity index (χ2n) is 7.71. The van der Waals surface area contributed by atoms with Crippen molar-refractivity contribution in [1.82, 2.24) is 9.91 Å². The molecule has 1 amide bonds. The minimum atomic E-state index is -0.239. The summed E-state index contributed by atoms with van der Waals surface area (Å²) in [4.78, 5) is 16.7. The van der Waals surface area contributed by atoms with Crippen LogP contribution in [0, 0.1) is 0 Å². The van der Waals surface area contributed by atoms with Crippen molar-refractivity contribution in [2.45, 2.75) is 25.6 Å². The van der Waals surface area contributed by atoms with E-state index in [9.17, 15) is 4.79 Å². The topological polar surface area (TPSA) is 62.2 Å². The van der Waals surface area contributed by atoms with Crippen LogP contribution in [-0.2, 0) is 17.9 Å². The lowest BCUT2D eigenvalue weighted by molar-refractivity contribution is -0.135. The number of rotatable bonds is 8. The standard InChI is InChI=1S/C25H23N3O3S/c29-25(18-27(17-20-9-4-12-30-20)16-19-7-2-1-3-8-19)28-22(23-10-5-13-31-23)15-21(26-28)24-11-6-14-32-24/h1-14,22H,15-18H2. The SMILES string of the molecule is O=C(CN(Cc1ccccc1)Cc1ccco1)N1N=C(c2cccs2)CC1c1ccco1. The smallest absolute Gasteiger partial charge is 0.257 e. The lowest BCUT2D eigenvalue weighted by atomic mass is 10.1. The minimum Gasteiger partial charge on any atom is -0.468 e. The van der Waals surface area contributed by atoms with Crippen LogP contribution in [0.4, 0.5) is 0 Å². The van der Waals surface area contributed by atoms with Crippen molar-refractivity contribution in [1.29, 1.82) is 0 Å². The van der Waals surface area contributed by atoms with Crippen LogP contribution in [0.2, 0.25) is 0 Å². The molecule has 1 atom stereocenters. The third-order valence-electron chi connectivity index (χ3n) is 5.41. The van der Waals surface area contributed by atoms with Crippen molar-refractivity contribution in [2.75, 3.05) is 6.54 Å². The zero-order valence-corrected chi connectivity index (χ0v) is 18.3. The first-order valence-corrected chi connectivity index (χ1v) is 11.4. The third-order valence-corrected chi connectivity index (χ3v) is 6.33. The van der Waals surface area contributed by atoms with E-state index in [1.807, 2.05) is 60.0 Å². The summed E-state index contributed by atoms with van der Waals surface area (Å²) in [5, 5.41) is 8.34. The zero-order chi connectivity index (χ0) is 21.8. The van der Waals surface area contributed by atoms with Gasteiger partial charge in [0.05, 0.1) is 36.2 Å². The molecule has 0 bridgehead atoms. The van der Waals surface area contributed by atoms with E-state index < -0.39 is 0 Å². The summed E-state index contributed by atoms with van der Waals surface area (Å²) in [5.74, 6) is 1.50. The summed E-state index contributed by atoms with van der Waals surface area (Å²) < 4.78 is 11.2. The molecule has 1 aliphatic heterocycles. The Balaban J connectivity index is 1.38. The van der Waals surface area contributed by atoms with E-state index in [0.717, 1.165) is 27.7 Å². The zero-order valence-electron chi connectivity index (χ0n) is 17.5. The number of nitrogens with zero attached hydrogens (tertiary/aromatic N) is 3. The quantitative estimate of drug-likeness (QED) is 0.369.